The summed E-state index contributed by atoms with van der Waals surface area (Å²) in [6, 6.07) is -1.09. The van der Waals surface area contributed by atoms with Crippen LogP contribution in [0.2, 0.25) is 0 Å². The molecule has 2 amide bonds. The fourth-order valence-corrected chi connectivity index (χ4v) is 1.82. The molecular formula is C14H29N3O3. The minimum atomic E-state index is -0.975. The van der Waals surface area contributed by atoms with Crippen LogP contribution in [0.4, 0.5) is 4.79 Å². The lowest BCUT2D eigenvalue weighted by Crippen LogP contribution is -2.50. The van der Waals surface area contributed by atoms with Gasteiger partial charge in [0.05, 0.1) is 0 Å². The maximum Gasteiger partial charge on any atom is 0.326 e. The molecule has 0 aliphatic rings. The Kier molecular flexibility index (Phi) is 8.96. The van der Waals surface area contributed by atoms with E-state index in [0.29, 0.717) is 25.4 Å². The number of nitrogens with zero attached hydrogens (tertiary/aromatic N) is 2. The first-order chi connectivity index (χ1) is 9.27. The number of hydrogen-bond donors (Lipinski definition) is 2. The molecule has 2 N–H and O–H groups in total. The maximum atomic E-state index is 12.2. The van der Waals surface area contributed by atoms with Crippen LogP contribution >= 0.6 is 0 Å². The molecule has 20 heavy (non-hydrogen) atoms. The Morgan fingerprint density at radius 2 is 1.80 bits per heavy atom. The topological polar surface area (TPSA) is 72.9 Å². The van der Waals surface area contributed by atoms with Crippen molar-refractivity contribution in [3.8, 4) is 0 Å². The highest BCUT2D eigenvalue weighted by molar-refractivity contribution is 5.82. The number of carbonyl (C=O) groups excluding carboxylic acids is 1. The van der Waals surface area contributed by atoms with E-state index in [-0.39, 0.29) is 6.03 Å². The molecule has 1 unspecified atom stereocenters. The smallest absolute Gasteiger partial charge is 0.326 e. The van der Waals surface area contributed by atoms with Gasteiger partial charge in [0.2, 0.25) is 0 Å². The second-order valence-corrected chi connectivity index (χ2v) is 5.77. The van der Waals surface area contributed by atoms with Gasteiger partial charge in [0, 0.05) is 19.6 Å². The maximum absolute atomic E-state index is 12.2. The van der Waals surface area contributed by atoms with Crippen molar-refractivity contribution < 1.29 is 14.7 Å². The van der Waals surface area contributed by atoms with E-state index < -0.39 is 12.0 Å². The molecule has 0 aromatic carbocycles. The number of carboxylic acids is 1. The zero-order valence-electron chi connectivity index (χ0n) is 13.3. The largest absolute Gasteiger partial charge is 0.480 e. The van der Waals surface area contributed by atoms with Crippen molar-refractivity contribution >= 4 is 12.0 Å². The Bertz CT molecular complexity index is 306. The number of hydrogen-bond acceptors (Lipinski definition) is 3. The molecule has 0 heterocycles. The van der Waals surface area contributed by atoms with Crippen LogP contribution in [0.25, 0.3) is 0 Å². The molecule has 0 bridgehead atoms. The molecule has 6 nitrogen and oxygen atoms in total. The van der Waals surface area contributed by atoms with Crippen LogP contribution in [0.5, 0.6) is 0 Å². The van der Waals surface area contributed by atoms with Crippen molar-refractivity contribution in [3.63, 3.8) is 0 Å². The molecule has 0 aromatic heterocycles. The summed E-state index contributed by atoms with van der Waals surface area (Å²) in [4.78, 5) is 27.0. The quantitative estimate of drug-likeness (QED) is 0.673. The van der Waals surface area contributed by atoms with Crippen molar-refractivity contribution in [1.82, 2.24) is 15.1 Å². The van der Waals surface area contributed by atoms with Crippen LogP contribution in [0, 0.1) is 5.92 Å². The highest BCUT2D eigenvalue weighted by Crippen LogP contribution is 2.03. The van der Waals surface area contributed by atoms with Crippen molar-refractivity contribution in [2.24, 2.45) is 5.92 Å². The monoisotopic (exact) mass is 287 g/mol. The van der Waals surface area contributed by atoms with Crippen LogP contribution < -0.4 is 5.32 Å². The van der Waals surface area contributed by atoms with Crippen molar-refractivity contribution in [3.05, 3.63) is 0 Å². The average Bonchev–Trinajstić information content (AvgIpc) is 2.32. The number of nitrogens with one attached hydrogen (secondary N) is 1. The summed E-state index contributed by atoms with van der Waals surface area (Å²) in [7, 11) is 3.89. The van der Waals surface area contributed by atoms with E-state index in [1.165, 1.54) is 0 Å². The first-order valence-electron chi connectivity index (χ1n) is 7.20. The fraction of sp³-hybridized carbons (Fsp3) is 0.857. The molecule has 0 saturated heterocycles. The number of carboxylic acid groups (broad SMARTS) is 1. The number of aliphatic carboxylic acids is 1. The molecule has 0 aliphatic carbocycles. The summed E-state index contributed by atoms with van der Waals surface area (Å²) in [6.07, 6.45) is 1.17. The van der Waals surface area contributed by atoms with Crippen molar-refractivity contribution in [1.29, 1.82) is 0 Å². The van der Waals surface area contributed by atoms with E-state index in [0.717, 1.165) is 13.0 Å². The van der Waals surface area contributed by atoms with E-state index in [1.54, 1.807) is 4.90 Å². The summed E-state index contributed by atoms with van der Waals surface area (Å²) in [5, 5.41) is 11.7. The van der Waals surface area contributed by atoms with Crippen LogP contribution in [-0.4, -0.2) is 66.7 Å². The Labute approximate surface area is 122 Å². The van der Waals surface area contributed by atoms with Gasteiger partial charge in [-0.1, -0.05) is 27.2 Å². The van der Waals surface area contributed by atoms with Crippen LogP contribution in [0.1, 0.15) is 33.6 Å². The van der Waals surface area contributed by atoms with Crippen LogP contribution in [-0.2, 0) is 4.79 Å². The van der Waals surface area contributed by atoms with E-state index in [4.69, 9.17) is 5.11 Å². The Balaban J connectivity index is 4.61. The number of amides is 2. The third-order valence-electron chi connectivity index (χ3n) is 2.86. The second-order valence-electron chi connectivity index (χ2n) is 5.77. The summed E-state index contributed by atoms with van der Waals surface area (Å²) in [6.45, 7) is 7.95. The second kappa shape index (κ2) is 9.58. The lowest BCUT2D eigenvalue weighted by Gasteiger charge is -2.27. The standard InChI is InChI=1S/C14H29N3O3/c1-6-7-12(13(18)19)15-14(20)17(10-11(2)3)9-8-16(4)5/h11-12H,6-10H2,1-5H3,(H,15,20)(H,18,19). The molecular weight excluding hydrogens is 258 g/mol. The minimum Gasteiger partial charge on any atom is -0.480 e. The van der Waals surface area contributed by atoms with Gasteiger partial charge >= 0.3 is 12.0 Å². The molecule has 1 atom stereocenters. The molecule has 0 fully saturated rings. The number of carbonyl (C=O) groups is 2. The lowest BCUT2D eigenvalue weighted by atomic mass is 10.1. The Morgan fingerprint density at radius 3 is 2.20 bits per heavy atom. The third kappa shape index (κ3) is 7.99. The van der Waals surface area contributed by atoms with Gasteiger partial charge < -0.3 is 20.2 Å². The van der Waals surface area contributed by atoms with E-state index in [1.807, 2.05) is 39.8 Å². The van der Waals surface area contributed by atoms with Crippen LogP contribution in [0.3, 0.4) is 0 Å². The van der Waals surface area contributed by atoms with E-state index in [9.17, 15) is 9.59 Å². The summed E-state index contributed by atoms with van der Waals surface area (Å²) in [5.74, 6) is -0.630. The predicted octanol–water partition coefficient (Wildman–Crippen LogP) is 1.47. The molecule has 0 spiro atoms. The van der Waals surface area contributed by atoms with Gasteiger partial charge in [-0.25, -0.2) is 9.59 Å². The van der Waals surface area contributed by atoms with Gasteiger partial charge in [0.25, 0.3) is 0 Å². The first kappa shape index (κ1) is 18.7. The molecule has 0 rings (SSSR count). The molecule has 0 radical (unpaired) electrons. The molecule has 0 aliphatic heterocycles. The molecule has 0 saturated carbocycles. The van der Waals surface area contributed by atoms with E-state index in [2.05, 4.69) is 5.32 Å². The third-order valence-corrected chi connectivity index (χ3v) is 2.86. The lowest BCUT2D eigenvalue weighted by molar-refractivity contribution is -0.139. The van der Waals surface area contributed by atoms with Crippen LogP contribution in [0.15, 0.2) is 0 Å². The van der Waals surface area contributed by atoms with Crippen molar-refractivity contribution in [2.45, 2.75) is 39.7 Å². The highest BCUT2D eigenvalue weighted by atomic mass is 16.4. The van der Waals surface area contributed by atoms with Gasteiger partial charge in [-0.05, 0) is 26.4 Å². The first-order valence-corrected chi connectivity index (χ1v) is 7.20. The Morgan fingerprint density at radius 1 is 1.20 bits per heavy atom. The zero-order chi connectivity index (χ0) is 15.7. The normalized spacial score (nSPS) is 12.6. The Hall–Kier alpha value is -1.30. The van der Waals surface area contributed by atoms with Gasteiger partial charge in [-0.15, -0.1) is 0 Å². The van der Waals surface area contributed by atoms with E-state index >= 15 is 0 Å². The number of likely N-dealkylation sites (N-methyl/N-ethyl adjacent to an activating group) is 1. The average molecular weight is 287 g/mol. The molecule has 0 aromatic rings. The van der Waals surface area contributed by atoms with Gasteiger partial charge in [0.15, 0.2) is 0 Å². The van der Waals surface area contributed by atoms with Gasteiger partial charge in [0.1, 0.15) is 6.04 Å². The summed E-state index contributed by atoms with van der Waals surface area (Å²) in [5.41, 5.74) is 0. The highest BCUT2D eigenvalue weighted by Gasteiger charge is 2.22. The van der Waals surface area contributed by atoms with Gasteiger partial charge in [-0.3, -0.25) is 0 Å². The van der Waals surface area contributed by atoms with Crippen molar-refractivity contribution in [2.75, 3.05) is 33.7 Å². The predicted molar refractivity (Wildman–Crippen MR) is 79.8 cm³/mol. The molecule has 118 valence electrons. The fourth-order valence-electron chi connectivity index (χ4n) is 1.82. The SMILES string of the molecule is CCCC(NC(=O)N(CCN(C)C)CC(C)C)C(=O)O. The zero-order valence-corrected chi connectivity index (χ0v) is 13.3. The number of urea groups is 1. The van der Waals surface area contributed by atoms with Gasteiger partial charge in [-0.2, -0.15) is 0 Å². The summed E-state index contributed by atoms with van der Waals surface area (Å²) < 4.78 is 0. The number of rotatable bonds is 9. The summed E-state index contributed by atoms with van der Waals surface area (Å²) >= 11 is 0. The minimum absolute atomic E-state index is 0.290. The molecule has 6 heteroatoms.